The lowest BCUT2D eigenvalue weighted by molar-refractivity contribution is 0.483. The van der Waals surface area contributed by atoms with Crippen LogP contribution in [0.4, 0.5) is 0 Å². The SMILES string of the molecule is Cc1[nH]ncc1CCCNC1CCCCc2ccccc21. The van der Waals surface area contributed by atoms with Gasteiger partial charge in [-0.1, -0.05) is 30.7 Å². The summed E-state index contributed by atoms with van der Waals surface area (Å²) in [7, 11) is 0. The highest BCUT2D eigenvalue weighted by molar-refractivity contribution is 5.31. The van der Waals surface area contributed by atoms with Crippen LogP contribution < -0.4 is 5.32 Å². The van der Waals surface area contributed by atoms with Gasteiger partial charge in [-0.2, -0.15) is 5.10 Å². The lowest BCUT2D eigenvalue weighted by Gasteiger charge is -2.19. The maximum Gasteiger partial charge on any atom is 0.0522 e. The molecule has 1 aromatic carbocycles. The van der Waals surface area contributed by atoms with E-state index >= 15 is 0 Å². The van der Waals surface area contributed by atoms with Crippen molar-refractivity contribution < 1.29 is 0 Å². The average molecular weight is 283 g/mol. The first kappa shape index (κ1) is 14.3. The van der Waals surface area contributed by atoms with Gasteiger partial charge in [-0.15, -0.1) is 0 Å². The van der Waals surface area contributed by atoms with Crippen LogP contribution in [-0.2, 0) is 12.8 Å². The number of hydrogen-bond donors (Lipinski definition) is 2. The fourth-order valence-corrected chi connectivity index (χ4v) is 3.32. The highest BCUT2D eigenvalue weighted by Crippen LogP contribution is 2.28. The summed E-state index contributed by atoms with van der Waals surface area (Å²) in [6.07, 6.45) is 9.37. The molecular weight excluding hydrogens is 258 g/mol. The molecule has 0 spiro atoms. The predicted octanol–water partition coefficient (Wildman–Crippen LogP) is 3.71. The molecule has 112 valence electrons. The number of fused-ring (bicyclic) bond motifs is 1. The zero-order chi connectivity index (χ0) is 14.5. The summed E-state index contributed by atoms with van der Waals surface area (Å²) in [6.45, 7) is 3.17. The van der Waals surface area contributed by atoms with E-state index in [0.717, 1.165) is 13.0 Å². The second-order valence-electron chi connectivity index (χ2n) is 6.08. The smallest absolute Gasteiger partial charge is 0.0522 e. The van der Waals surface area contributed by atoms with Gasteiger partial charge < -0.3 is 5.32 Å². The monoisotopic (exact) mass is 283 g/mol. The van der Waals surface area contributed by atoms with Crippen LogP contribution in [0, 0.1) is 6.92 Å². The van der Waals surface area contributed by atoms with E-state index in [0.29, 0.717) is 6.04 Å². The first-order chi connectivity index (χ1) is 10.3. The quantitative estimate of drug-likeness (QED) is 0.649. The Morgan fingerprint density at radius 1 is 1.29 bits per heavy atom. The van der Waals surface area contributed by atoms with Gasteiger partial charge in [0.05, 0.1) is 6.20 Å². The number of rotatable bonds is 5. The Morgan fingerprint density at radius 3 is 3.05 bits per heavy atom. The van der Waals surface area contributed by atoms with E-state index in [9.17, 15) is 0 Å². The van der Waals surface area contributed by atoms with Crippen LogP contribution in [0.5, 0.6) is 0 Å². The molecule has 3 rings (SSSR count). The van der Waals surface area contributed by atoms with Crippen molar-refractivity contribution in [3.63, 3.8) is 0 Å². The molecule has 3 heteroatoms. The minimum atomic E-state index is 0.536. The zero-order valence-corrected chi connectivity index (χ0v) is 12.9. The maximum absolute atomic E-state index is 4.09. The highest BCUT2D eigenvalue weighted by atomic mass is 15.1. The number of benzene rings is 1. The van der Waals surface area contributed by atoms with E-state index < -0.39 is 0 Å². The first-order valence-corrected chi connectivity index (χ1v) is 8.14. The van der Waals surface area contributed by atoms with Gasteiger partial charge in [0.15, 0.2) is 0 Å². The zero-order valence-electron chi connectivity index (χ0n) is 12.9. The molecule has 2 aromatic rings. The highest BCUT2D eigenvalue weighted by Gasteiger charge is 2.17. The molecule has 1 aliphatic rings. The minimum absolute atomic E-state index is 0.536. The molecule has 1 aliphatic carbocycles. The lowest BCUT2D eigenvalue weighted by atomic mass is 9.99. The van der Waals surface area contributed by atoms with Crippen molar-refractivity contribution in [2.75, 3.05) is 6.54 Å². The fourth-order valence-electron chi connectivity index (χ4n) is 3.32. The molecule has 21 heavy (non-hydrogen) atoms. The molecule has 2 N–H and O–H groups in total. The number of H-pyrrole nitrogens is 1. The standard InChI is InChI=1S/C18H25N3/c1-14-16(13-20-21-14)9-6-12-19-18-11-5-3-8-15-7-2-4-10-17(15)18/h2,4,7,10,13,18-19H,3,5-6,8-9,11-12H2,1H3,(H,20,21). The molecule has 1 aromatic heterocycles. The number of aryl methyl sites for hydroxylation is 3. The van der Waals surface area contributed by atoms with Gasteiger partial charge in [-0.25, -0.2) is 0 Å². The number of hydrogen-bond acceptors (Lipinski definition) is 2. The summed E-state index contributed by atoms with van der Waals surface area (Å²) in [5, 5.41) is 10.9. The van der Waals surface area contributed by atoms with Crippen LogP contribution in [0.25, 0.3) is 0 Å². The first-order valence-electron chi connectivity index (χ1n) is 8.14. The molecular formula is C18H25N3. The lowest BCUT2D eigenvalue weighted by Crippen LogP contribution is -2.23. The van der Waals surface area contributed by atoms with Crippen LogP contribution in [0.2, 0.25) is 0 Å². The molecule has 0 fully saturated rings. The van der Waals surface area contributed by atoms with Crippen LogP contribution in [0.1, 0.15) is 54.1 Å². The van der Waals surface area contributed by atoms with Crippen molar-refractivity contribution in [1.29, 1.82) is 0 Å². The van der Waals surface area contributed by atoms with E-state index in [4.69, 9.17) is 0 Å². The molecule has 0 bridgehead atoms. The largest absolute Gasteiger partial charge is 0.310 e. The second kappa shape index (κ2) is 6.90. The number of nitrogens with one attached hydrogen (secondary N) is 2. The van der Waals surface area contributed by atoms with Gasteiger partial charge in [-0.3, -0.25) is 5.10 Å². The Morgan fingerprint density at radius 2 is 2.19 bits per heavy atom. The maximum atomic E-state index is 4.09. The van der Waals surface area contributed by atoms with Crippen molar-refractivity contribution >= 4 is 0 Å². The summed E-state index contributed by atoms with van der Waals surface area (Å²) in [4.78, 5) is 0. The Kier molecular flexibility index (Phi) is 4.71. The van der Waals surface area contributed by atoms with E-state index in [1.165, 1.54) is 54.5 Å². The van der Waals surface area contributed by atoms with Crippen molar-refractivity contribution in [3.8, 4) is 0 Å². The summed E-state index contributed by atoms with van der Waals surface area (Å²) in [5.41, 5.74) is 5.61. The molecule has 0 saturated heterocycles. The average Bonchev–Trinajstić information content (AvgIpc) is 2.80. The summed E-state index contributed by atoms with van der Waals surface area (Å²) >= 11 is 0. The van der Waals surface area contributed by atoms with E-state index in [1.54, 1.807) is 0 Å². The van der Waals surface area contributed by atoms with Gasteiger partial charge in [0, 0.05) is 11.7 Å². The third-order valence-electron chi connectivity index (χ3n) is 4.57. The fraction of sp³-hybridized carbons (Fsp3) is 0.500. The van der Waals surface area contributed by atoms with Crippen LogP contribution in [0.15, 0.2) is 30.5 Å². The van der Waals surface area contributed by atoms with Gasteiger partial charge in [0.1, 0.15) is 0 Å². The second-order valence-corrected chi connectivity index (χ2v) is 6.08. The van der Waals surface area contributed by atoms with Crippen molar-refractivity contribution in [2.45, 2.75) is 51.5 Å². The third kappa shape index (κ3) is 3.53. The van der Waals surface area contributed by atoms with Gasteiger partial charge in [-0.05, 0) is 62.3 Å². The Labute approximate surface area is 127 Å². The Hall–Kier alpha value is -1.61. The number of aromatic nitrogens is 2. The van der Waals surface area contributed by atoms with Crippen LogP contribution >= 0.6 is 0 Å². The van der Waals surface area contributed by atoms with Crippen molar-refractivity contribution in [3.05, 3.63) is 52.8 Å². The summed E-state index contributed by atoms with van der Waals surface area (Å²) in [6, 6.07) is 9.48. The molecule has 1 unspecified atom stereocenters. The van der Waals surface area contributed by atoms with Gasteiger partial charge >= 0.3 is 0 Å². The molecule has 0 radical (unpaired) electrons. The van der Waals surface area contributed by atoms with E-state index in [2.05, 4.69) is 46.7 Å². The number of nitrogens with zero attached hydrogens (tertiary/aromatic N) is 1. The van der Waals surface area contributed by atoms with Crippen molar-refractivity contribution in [2.24, 2.45) is 0 Å². The molecule has 1 atom stereocenters. The predicted molar refractivity (Wildman–Crippen MR) is 86.4 cm³/mol. The normalized spacial score (nSPS) is 18.2. The summed E-state index contributed by atoms with van der Waals surface area (Å²) < 4.78 is 0. The van der Waals surface area contributed by atoms with Crippen LogP contribution in [0.3, 0.4) is 0 Å². The minimum Gasteiger partial charge on any atom is -0.310 e. The van der Waals surface area contributed by atoms with E-state index in [1.807, 2.05) is 6.20 Å². The number of aromatic amines is 1. The van der Waals surface area contributed by atoms with Gasteiger partial charge in [0.25, 0.3) is 0 Å². The van der Waals surface area contributed by atoms with Crippen molar-refractivity contribution in [1.82, 2.24) is 15.5 Å². The Balaban J connectivity index is 1.54. The Bertz CT molecular complexity index is 573. The molecule has 0 saturated carbocycles. The van der Waals surface area contributed by atoms with Crippen LogP contribution in [-0.4, -0.2) is 16.7 Å². The third-order valence-corrected chi connectivity index (χ3v) is 4.57. The van der Waals surface area contributed by atoms with Gasteiger partial charge in [0.2, 0.25) is 0 Å². The molecule has 0 aliphatic heterocycles. The molecule has 0 amide bonds. The molecule has 1 heterocycles. The topological polar surface area (TPSA) is 40.7 Å². The summed E-state index contributed by atoms with van der Waals surface area (Å²) in [5.74, 6) is 0. The molecule has 3 nitrogen and oxygen atoms in total. The van der Waals surface area contributed by atoms with E-state index in [-0.39, 0.29) is 0 Å².